The van der Waals surface area contributed by atoms with Gasteiger partial charge in [0.05, 0.1) is 25.6 Å². The summed E-state index contributed by atoms with van der Waals surface area (Å²) in [5, 5.41) is 0.646. The van der Waals surface area contributed by atoms with Crippen molar-refractivity contribution in [3.8, 4) is 0 Å². The van der Waals surface area contributed by atoms with Crippen LogP contribution in [-0.2, 0) is 14.3 Å². The third-order valence-electron chi connectivity index (χ3n) is 2.45. The summed E-state index contributed by atoms with van der Waals surface area (Å²) in [5.41, 5.74) is 4.98. The van der Waals surface area contributed by atoms with E-state index < -0.39 is 5.54 Å². The molecular formula is C10H19NO3S. The summed E-state index contributed by atoms with van der Waals surface area (Å²) in [5.74, 6) is 0.692. The highest BCUT2D eigenvalue weighted by molar-refractivity contribution is 8.00. The molecule has 0 bridgehead atoms. The molecule has 88 valence electrons. The molecular weight excluding hydrogens is 214 g/mol. The highest BCUT2D eigenvalue weighted by Gasteiger charge is 2.28. The number of rotatable bonds is 6. The Bertz CT molecular complexity index is 217. The minimum absolute atomic E-state index is 0.334. The zero-order valence-electron chi connectivity index (χ0n) is 9.32. The van der Waals surface area contributed by atoms with Crippen LogP contribution in [0.15, 0.2) is 0 Å². The van der Waals surface area contributed by atoms with Crippen LogP contribution in [0.25, 0.3) is 0 Å². The van der Waals surface area contributed by atoms with Crippen LogP contribution in [0.1, 0.15) is 19.8 Å². The highest BCUT2D eigenvalue weighted by atomic mass is 32.2. The molecule has 1 rings (SSSR count). The lowest BCUT2D eigenvalue weighted by Gasteiger charge is -2.26. The SMILES string of the molecule is COC(=O)C(C)(N)CCCSC1COC1. The predicted octanol–water partition coefficient (Wildman–Crippen LogP) is 0.789. The summed E-state index contributed by atoms with van der Waals surface area (Å²) in [4.78, 5) is 11.3. The van der Waals surface area contributed by atoms with Crippen LogP contribution >= 0.6 is 11.8 Å². The Labute approximate surface area is 94.9 Å². The van der Waals surface area contributed by atoms with Gasteiger partial charge < -0.3 is 15.2 Å². The number of carbonyl (C=O) groups excluding carboxylic acids is 1. The van der Waals surface area contributed by atoms with Crippen molar-refractivity contribution in [1.29, 1.82) is 0 Å². The molecule has 1 fully saturated rings. The standard InChI is InChI=1S/C10H19NO3S/c1-10(11,9(12)13-2)4-3-5-15-8-6-14-7-8/h8H,3-7,11H2,1-2H3. The lowest BCUT2D eigenvalue weighted by Crippen LogP contribution is -2.45. The zero-order valence-corrected chi connectivity index (χ0v) is 10.1. The maximum Gasteiger partial charge on any atom is 0.325 e. The van der Waals surface area contributed by atoms with E-state index in [1.54, 1.807) is 6.92 Å². The average molecular weight is 233 g/mol. The number of hydrogen-bond acceptors (Lipinski definition) is 5. The lowest BCUT2D eigenvalue weighted by atomic mass is 9.98. The molecule has 0 aromatic rings. The number of nitrogens with two attached hydrogens (primary N) is 1. The number of carbonyl (C=O) groups is 1. The summed E-state index contributed by atoms with van der Waals surface area (Å²) < 4.78 is 9.70. The topological polar surface area (TPSA) is 61.5 Å². The Morgan fingerprint density at radius 2 is 2.33 bits per heavy atom. The number of methoxy groups -OCH3 is 1. The van der Waals surface area contributed by atoms with E-state index in [2.05, 4.69) is 4.74 Å². The van der Waals surface area contributed by atoms with Crippen LogP contribution in [-0.4, -0.2) is 42.8 Å². The van der Waals surface area contributed by atoms with E-state index >= 15 is 0 Å². The molecule has 1 atom stereocenters. The molecule has 0 aromatic heterocycles. The van der Waals surface area contributed by atoms with Gasteiger partial charge >= 0.3 is 5.97 Å². The maximum atomic E-state index is 11.3. The van der Waals surface area contributed by atoms with Crippen LogP contribution in [0.5, 0.6) is 0 Å². The van der Waals surface area contributed by atoms with Gasteiger partial charge in [0.1, 0.15) is 5.54 Å². The first kappa shape index (κ1) is 12.8. The van der Waals surface area contributed by atoms with Crippen LogP contribution in [0.2, 0.25) is 0 Å². The normalized spacial score (nSPS) is 20.5. The fourth-order valence-corrected chi connectivity index (χ4v) is 2.36. The molecule has 0 saturated carbocycles. The fourth-order valence-electron chi connectivity index (χ4n) is 1.33. The number of thioether (sulfide) groups is 1. The van der Waals surface area contributed by atoms with Gasteiger partial charge in [0, 0.05) is 0 Å². The third-order valence-corrected chi connectivity index (χ3v) is 3.72. The first-order chi connectivity index (χ1) is 7.06. The molecule has 1 unspecified atom stereocenters. The van der Waals surface area contributed by atoms with E-state index in [1.807, 2.05) is 11.8 Å². The van der Waals surface area contributed by atoms with E-state index in [4.69, 9.17) is 10.5 Å². The Morgan fingerprint density at radius 3 is 2.80 bits per heavy atom. The van der Waals surface area contributed by atoms with Crippen LogP contribution in [0.4, 0.5) is 0 Å². The highest BCUT2D eigenvalue weighted by Crippen LogP contribution is 2.21. The van der Waals surface area contributed by atoms with Crippen molar-refractivity contribution in [3.05, 3.63) is 0 Å². The molecule has 0 aliphatic carbocycles. The number of ether oxygens (including phenoxy) is 2. The van der Waals surface area contributed by atoms with E-state index in [1.165, 1.54) is 7.11 Å². The fraction of sp³-hybridized carbons (Fsp3) is 0.900. The van der Waals surface area contributed by atoms with Crippen molar-refractivity contribution < 1.29 is 14.3 Å². The summed E-state index contributed by atoms with van der Waals surface area (Å²) in [6, 6.07) is 0. The van der Waals surface area contributed by atoms with Crippen molar-refractivity contribution in [2.45, 2.75) is 30.6 Å². The molecule has 0 amide bonds. The summed E-state index contributed by atoms with van der Waals surface area (Å²) in [6.07, 6.45) is 1.60. The molecule has 4 nitrogen and oxygen atoms in total. The molecule has 15 heavy (non-hydrogen) atoms. The van der Waals surface area contributed by atoms with Gasteiger partial charge in [0.25, 0.3) is 0 Å². The van der Waals surface area contributed by atoms with Crippen molar-refractivity contribution >= 4 is 17.7 Å². The summed E-state index contributed by atoms with van der Waals surface area (Å²) in [6.45, 7) is 3.44. The second kappa shape index (κ2) is 5.72. The van der Waals surface area contributed by atoms with Crippen molar-refractivity contribution in [3.63, 3.8) is 0 Å². The van der Waals surface area contributed by atoms with E-state index in [-0.39, 0.29) is 5.97 Å². The van der Waals surface area contributed by atoms with Gasteiger partial charge in [-0.05, 0) is 25.5 Å². The summed E-state index contributed by atoms with van der Waals surface area (Å²) in [7, 11) is 1.37. The second-order valence-corrected chi connectivity index (χ2v) is 5.45. The van der Waals surface area contributed by atoms with E-state index in [9.17, 15) is 4.79 Å². The van der Waals surface area contributed by atoms with Gasteiger partial charge in [-0.15, -0.1) is 0 Å². The molecule has 1 saturated heterocycles. The Hall–Kier alpha value is -0.260. The molecule has 0 spiro atoms. The van der Waals surface area contributed by atoms with Gasteiger partial charge in [-0.2, -0.15) is 11.8 Å². The first-order valence-corrected chi connectivity index (χ1v) is 6.18. The van der Waals surface area contributed by atoms with Crippen molar-refractivity contribution in [2.24, 2.45) is 5.73 Å². The smallest absolute Gasteiger partial charge is 0.325 e. The number of hydrogen-bond donors (Lipinski definition) is 1. The summed E-state index contributed by atoms with van der Waals surface area (Å²) >= 11 is 1.89. The predicted molar refractivity (Wildman–Crippen MR) is 60.9 cm³/mol. The van der Waals surface area contributed by atoms with E-state index in [0.717, 1.165) is 25.4 Å². The van der Waals surface area contributed by atoms with Crippen molar-refractivity contribution in [2.75, 3.05) is 26.1 Å². The second-order valence-electron chi connectivity index (χ2n) is 4.04. The molecule has 0 aromatic carbocycles. The van der Waals surface area contributed by atoms with Crippen molar-refractivity contribution in [1.82, 2.24) is 0 Å². The van der Waals surface area contributed by atoms with Crippen LogP contribution < -0.4 is 5.73 Å². The Balaban J connectivity index is 2.09. The molecule has 1 aliphatic rings. The van der Waals surface area contributed by atoms with Gasteiger partial charge in [-0.25, -0.2) is 0 Å². The lowest BCUT2D eigenvalue weighted by molar-refractivity contribution is -0.146. The zero-order chi connectivity index (χ0) is 11.3. The molecule has 0 radical (unpaired) electrons. The molecule has 2 N–H and O–H groups in total. The Morgan fingerprint density at radius 1 is 1.67 bits per heavy atom. The quantitative estimate of drug-likeness (QED) is 0.543. The molecule has 1 heterocycles. The average Bonchev–Trinajstić information content (AvgIpc) is 2.13. The van der Waals surface area contributed by atoms with Gasteiger partial charge in [0.2, 0.25) is 0 Å². The van der Waals surface area contributed by atoms with Crippen LogP contribution in [0, 0.1) is 0 Å². The third kappa shape index (κ3) is 4.01. The monoisotopic (exact) mass is 233 g/mol. The molecule has 1 aliphatic heterocycles. The maximum absolute atomic E-state index is 11.3. The first-order valence-electron chi connectivity index (χ1n) is 5.13. The number of esters is 1. The van der Waals surface area contributed by atoms with E-state index in [0.29, 0.717) is 11.7 Å². The minimum Gasteiger partial charge on any atom is -0.468 e. The van der Waals surface area contributed by atoms with Gasteiger partial charge in [0.15, 0.2) is 0 Å². The largest absolute Gasteiger partial charge is 0.468 e. The van der Waals surface area contributed by atoms with Crippen LogP contribution in [0.3, 0.4) is 0 Å². The molecule has 5 heteroatoms. The Kier molecular flexibility index (Phi) is 4.89. The van der Waals surface area contributed by atoms with Gasteiger partial charge in [-0.3, -0.25) is 4.79 Å². The van der Waals surface area contributed by atoms with Gasteiger partial charge in [-0.1, -0.05) is 0 Å². The minimum atomic E-state index is -0.842.